The van der Waals surface area contributed by atoms with Crippen molar-refractivity contribution >= 4 is 23.9 Å². The fourth-order valence-electron chi connectivity index (χ4n) is 7.56. The van der Waals surface area contributed by atoms with Crippen LogP contribution in [0.25, 0.3) is 0 Å². The summed E-state index contributed by atoms with van der Waals surface area (Å²) in [6.07, 6.45) is 61.3. The molecule has 0 aromatic rings. The van der Waals surface area contributed by atoms with Gasteiger partial charge in [-0.25, -0.2) is 4.79 Å². The van der Waals surface area contributed by atoms with Crippen LogP contribution >= 0.6 is 0 Å². The molecule has 0 saturated carbocycles. The number of carboxylic acids is 1. The average Bonchev–Trinajstić information content (AvgIpc) is 3.43. The van der Waals surface area contributed by atoms with E-state index in [-0.39, 0.29) is 19.3 Å². The maximum Gasteiger partial charge on any atom is 0.335 e. The number of unbranched alkanes of at least 4 members (excludes halogenated alkanes) is 9. The fraction of sp³-hybridized carbons (Fsp3) is 0.569. The number of allylic oxidation sites excluding steroid dienone is 23. The van der Waals surface area contributed by atoms with Gasteiger partial charge in [0.1, 0.15) is 18.8 Å². The Bertz CT molecular complexity index is 1890. The van der Waals surface area contributed by atoms with Gasteiger partial charge in [-0.1, -0.05) is 199 Å². The molecule has 0 aliphatic carbocycles. The number of hydrogen-bond acceptors (Lipinski definition) is 11. The third kappa shape index (κ3) is 41.4. The van der Waals surface area contributed by atoms with Crippen molar-refractivity contribution in [2.24, 2.45) is 0 Å². The average molecular weight is 1070 g/mol. The van der Waals surface area contributed by atoms with Gasteiger partial charge < -0.3 is 39.0 Å². The van der Waals surface area contributed by atoms with Crippen molar-refractivity contribution in [3.63, 3.8) is 0 Å². The fourth-order valence-corrected chi connectivity index (χ4v) is 7.56. The predicted molar refractivity (Wildman–Crippen MR) is 312 cm³/mol. The minimum atomic E-state index is -1.94. The van der Waals surface area contributed by atoms with Gasteiger partial charge in [0.2, 0.25) is 0 Å². The first-order valence-corrected chi connectivity index (χ1v) is 28.8. The van der Waals surface area contributed by atoms with Gasteiger partial charge in [0.05, 0.1) is 13.0 Å². The van der Waals surface area contributed by atoms with Crippen LogP contribution in [0.2, 0.25) is 0 Å². The van der Waals surface area contributed by atoms with Gasteiger partial charge in [-0.2, -0.15) is 0 Å². The molecule has 0 bridgehead atoms. The summed E-state index contributed by atoms with van der Waals surface area (Å²) in [5.74, 6) is -3.41. The molecule has 1 saturated heterocycles. The lowest BCUT2D eigenvalue weighted by molar-refractivity contribution is -0.301. The first-order chi connectivity index (χ1) is 37.6. The van der Waals surface area contributed by atoms with E-state index in [0.29, 0.717) is 25.7 Å². The second-order valence-electron chi connectivity index (χ2n) is 18.8. The largest absolute Gasteiger partial charge is 0.479 e. The summed E-state index contributed by atoms with van der Waals surface area (Å²) in [5, 5.41) is 31.4. The Balaban J connectivity index is 2.81. The molecule has 12 nitrogen and oxygen atoms in total. The molecule has 0 aromatic carbocycles. The lowest BCUT2D eigenvalue weighted by atomic mass is 9.98. The second kappa shape index (κ2) is 51.4. The van der Waals surface area contributed by atoms with Gasteiger partial charge in [-0.15, -0.1) is 0 Å². The Morgan fingerprint density at radius 2 is 0.870 bits per heavy atom. The van der Waals surface area contributed by atoms with E-state index in [1.165, 1.54) is 19.3 Å². The van der Waals surface area contributed by atoms with Crippen molar-refractivity contribution in [2.75, 3.05) is 13.2 Å². The molecular formula is C65H98O12. The molecule has 0 amide bonds. The number of aliphatic carboxylic acids is 1. The number of carbonyl (C=O) groups is 4. The topological polar surface area (TPSA) is 175 Å². The Morgan fingerprint density at radius 3 is 1.35 bits per heavy atom. The third-order valence-corrected chi connectivity index (χ3v) is 11.9. The number of ether oxygens (including phenoxy) is 5. The molecule has 77 heavy (non-hydrogen) atoms. The van der Waals surface area contributed by atoms with Crippen molar-refractivity contribution in [1.29, 1.82) is 0 Å². The molecule has 12 heteroatoms. The van der Waals surface area contributed by atoms with Gasteiger partial charge in [0.25, 0.3) is 0 Å². The molecule has 0 spiro atoms. The van der Waals surface area contributed by atoms with E-state index in [2.05, 4.69) is 136 Å². The molecule has 0 aromatic heterocycles. The summed E-state index contributed by atoms with van der Waals surface area (Å²) in [7, 11) is 0. The minimum absolute atomic E-state index is 0.0315. The highest BCUT2D eigenvalue weighted by Gasteiger charge is 2.50. The van der Waals surface area contributed by atoms with Crippen LogP contribution in [0.3, 0.4) is 0 Å². The van der Waals surface area contributed by atoms with Crippen LogP contribution < -0.4 is 0 Å². The van der Waals surface area contributed by atoms with Crippen molar-refractivity contribution in [1.82, 2.24) is 0 Å². The quantitative estimate of drug-likeness (QED) is 0.0228. The van der Waals surface area contributed by atoms with Gasteiger partial charge in [-0.05, 0) is 116 Å². The predicted octanol–water partition coefficient (Wildman–Crippen LogP) is 14.8. The maximum atomic E-state index is 13.1. The van der Waals surface area contributed by atoms with Crippen molar-refractivity contribution in [3.05, 3.63) is 146 Å². The number of esters is 3. The smallest absolute Gasteiger partial charge is 0.335 e. The van der Waals surface area contributed by atoms with E-state index in [1.807, 2.05) is 24.3 Å². The van der Waals surface area contributed by atoms with Crippen LogP contribution in [0.4, 0.5) is 0 Å². The van der Waals surface area contributed by atoms with Crippen LogP contribution in [-0.2, 0) is 42.9 Å². The SMILES string of the molecule is CC/C=C\C/C=C\C/C=C\C/C=C\C/C=C\CCCC(=O)OC1C(OCC(COC(=O)C/C=C\C/C=C\C/C=C\C/C=C\C/C=C\CC)OC(=O)CCCCCCC/C=C\C/C=C\CCCCC)OC(C(=O)O)C(O)C1O. The maximum absolute atomic E-state index is 13.1. The standard InChI is InChI=1S/C65H98O12/c1-4-7-10-13-16-19-22-25-28-29-32-35-38-41-44-47-50-53-59(68)76-63-61(70)60(69)62(64(71)72)77-65(63)74-55-56(75-58(67)52-49-46-43-40-37-34-31-27-24-21-18-15-12-9-6-3)54-73-57(66)51-48-45-42-39-36-33-30-26-23-20-17-14-11-8-5-2/h7-8,10-11,16-21,25-28,30-32,35-36,39,41,44-45,48,56,60-63,65,69-70H,4-6,9,12-15,22-24,29,33-34,37-38,40,42-43,46-47,49-55H2,1-3H3,(H,71,72)/b10-7-,11-8-,19-16-,20-17-,21-18-,28-25-,30-26-,31-27-,35-32-,39-36-,44-41-,48-45-. The zero-order valence-corrected chi connectivity index (χ0v) is 47.1. The number of aliphatic hydroxyl groups excluding tert-OH is 2. The summed E-state index contributed by atoms with van der Waals surface area (Å²) in [4.78, 5) is 51.0. The molecule has 1 aliphatic rings. The molecule has 6 unspecified atom stereocenters. The molecule has 1 heterocycles. The first kappa shape index (κ1) is 69.6. The van der Waals surface area contributed by atoms with E-state index in [4.69, 9.17) is 23.7 Å². The number of carbonyl (C=O) groups excluding carboxylic acids is 3. The zero-order chi connectivity index (χ0) is 56.1. The second-order valence-corrected chi connectivity index (χ2v) is 18.8. The van der Waals surface area contributed by atoms with Crippen LogP contribution in [0.15, 0.2) is 146 Å². The molecule has 430 valence electrons. The number of carboxylic acid groups (broad SMARTS) is 1. The van der Waals surface area contributed by atoms with Crippen LogP contribution in [0.1, 0.15) is 188 Å². The summed E-state index contributed by atoms with van der Waals surface area (Å²) >= 11 is 0. The van der Waals surface area contributed by atoms with E-state index < -0.39 is 73.9 Å². The highest BCUT2D eigenvalue weighted by Crippen LogP contribution is 2.26. The molecule has 1 rings (SSSR count). The monoisotopic (exact) mass is 1070 g/mol. The number of rotatable bonds is 46. The van der Waals surface area contributed by atoms with Gasteiger partial charge in [0.15, 0.2) is 24.6 Å². The van der Waals surface area contributed by atoms with Gasteiger partial charge in [-0.3, -0.25) is 14.4 Å². The van der Waals surface area contributed by atoms with Crippen LogP contribution in [0, 0.1) is 0 Å². The molecule has 1 fully saturated rings. The lowest BCUT2D eigenvalue weighted by Gasteiger charge is -2.40. The van der Waals surface area contributed by atoms with Crippen molar-refractivity contribution in [2.45, 2.75) is 225 Å². The Morgan fingerprint density at radius 1 is 0.455 bits per heavy atom. The highest BCUT2D eigenvalue weighted by atomic mass is 16.7. The molecule has 1 aliphatic heterocycles. The van der Waals surface area contributed by atoms with Crippen LogP contribution in [-0.4, -0.2) is 89.2 Å². The van der Waals surface area contributed by atoms with E-state index in [9.17, 15) is 34.5 Å². The third-order valence-electron chi connectivity index (χ3n) is 11.9. The first-order valence-electron chi connectivity index (χ1n) is 28.8. The van der Waals surface area contributed by atoms with E-state index >= 15 is 0 Å². The van der Waals surface area contributed by atoms with Gasteiger partial charge in [0, 0.05) is 12.8 Å². The highest BCUT2D eigenvalue weighted by molar-refractivity contribution is 5.74. The Labute approximate surface area is 463 Å². The Kier molecular flexibility index (Phi) is 46.4. The normalized spacial score (nSPS) is 19.1. The van der Waals surface area contributed by atoms with E-state index in [1.54, 1.807) is 6.08 Å². The van der Waals surface area contributed by atoms with Crippen LogP contribution in [0.5, 0.6) is 0 Å². The minimum Gasteiger partial charge on any atom is -0.479 e. The lowest BCUT2D eigenvalue weighted by Crippen LogP contribution is -2.61. The summed E-state index contributed by atoms with van der Waals surface area (Å²) in [6.45, 7) is 5.59. The molecule has 6 atom stereocenters. The molecule has 3 N–H and O–H groups in total. The van der Waals surface area contributed by atoms with Gasteiger partial charge >= 0.3 is 23.9 Å². The number of hydrogen-bond donors (Lipinski definition) is 3. The zero-order valence-electron chi connectivity index (χ0n) is 47.1. The molecule has 0 radical (unpaired) electrons. The Hall–Kier alpha value is -5.40. The van der Waals surface area contributed by atoms with E-state index in [0.717, 1.165) is 103 Å². The summed E-state index contributed by atoms with van der Waals surface area (Å²) < 4.78 is 28.2. The van der Waals surface area contributed by atoms with Crippen molar-refractivity contribution < 1.29 is 58.2 Å². The van der Waals surface area contributed by atoms with Crippen molar-refractivity contribution in [3.8, 4) is 0 Å². The summed E-state index contributed by atoms with van der Waals surface area (Å²) in [6, 6.07) is 0. The number of aliphatic hydroxyl groups is 2. The summed E-state index contributed by atoms with van der Waals surface area (Å²) in [5.41, 5.74) is 0. The molecular weight excluding hydrogens is 973 g/mol.